The summed E-state index contributed by atoms with van der Waals surface area (Å²) in [6.07, 6.45) is 6.92. The molecule has 2 aliphatic rings. The van der Waals surface area contributed by atoms with Crippen molar-refractivity contribution in [3.8, 4) is 0 Å². The van der Waals surface area contributed by atoms with Crippen molar-refractivity contribution >= 4 is 0 Å². The molecule has 0 radical (unpaired) electrons. The minimum atomic E-state index is 0.379. The van der Waals surface area contributed by atoms with Gasteiger partial charge >= 0.3 is 0 Å². The van der Waals surface area contributed by atoms with Gasteiger partial charge in [0.2, 0.25) is 0 Å². The molecule has 15 heavy (non-hydrogen) atoms. The third kappa shape index (κ3) is 1.26. The summed E-state index contributed by atoms with van der Waals surface area (Å²) in [4.78, 5) is 2.64. The topological polar surface area (TPSA) is 3.24 Å². The summed E-state index contributed by atoms with van der Waals surface area (Å²) in [6, 6.07) is 11.9. The second kappa shape index (κ2) is 3.34. The Labute approximate surface area is 92.1 Å². The van der Waals surface area contributed by atoms with Gasteiger partial charge in [0.15, 0.2) is 0 Å². The maximum atomic E-state index is 2.64. The molecule has 0 aromatic heterocycles. The van der Waals surface area contributed by atoms with Crippen LogP contribution < -0.4 is 0 Å². The van der Waals surface area contributed by atoms with Gasteiger partial charge in [0, 0.05) is 11.6 Å². The van der Waals surface area contributed by atoms with Crippen molar-refractivity contribution in [2.24, 2.45) is 0 Å². The maximum Gasteiger partial charge on any atom is 0.0461 e. The Morgan fingerprint density at radius 2 is 1.93 bits per heavy atom. The molecule has 2 bridgehead atoms. The number of rotatable bonds is 1. The lowest BCUT2D eigenvalue weighted by Gasteiger charge is -2.43. The summed E-state index contributed by atoms with van der Waals surface area (Å²) in [6.45, 7) is 0. The molecule has 2 atom stereocenters. The van der Waals surface area contributed by atoms with Crippen LogP contribution in [0.2, 0.25) is 0 Å². The van der Waals surface area contributed by atoms with Gasteiger partial charge in [0.05, 0.1) is 0 Å². The van der Waals surface area contributed by atoms with Crippen molar-refractivity contribution < 1.29 is 0 Å². The molecule has 0 aliphatic carbocycles. The number of benzene rings is 1. The Bertz CT molecular complexity index is 342. The fourth-order valence-electron chi connectivity index (χ4n) is 3.64. The molecule has 0 N–H and O–H groups in total. The van der Waals surface area contributed by atoms with E-state index in [1.54, 1.807) is 0 Å². The lowest BCUT2D eigenvalue weighted by molar-refractivity contribution is 0.0805. The SMILES string of the molecule is CN1C2CCCC1(c1ccccc1)CC2. The molecule has 0 spiro atoms. The van der Waals surface area contributed by atoms with Crippen LogP contribution in [0.15, 0.2) is 30.3 Å². The van der Waals surface area contributed by atoms with Crippen molar-refractivity contribution in [1.82, 2.24) is 4.90 Å². The summed E-state index contributed by atoms with van der Waals surface area (Å²) in [5.74, 6) is 0. The Morgan fingerprint density at radius 3 is 2.73 bits per heavy atom. The Morgan fingerprint density at radius 1 is 1.13 bits per heavy atom. The minimum Gasteiger partial charge on any atom is -0.294 e. The summed E-state index contributed by atoms with van der Waals surface area (Å²) < 4.78 is 0. The van der Waals surface area contributed by atoms with Gasteiger partial charge < -0.3 is 0 Å². The molecule has 2 unspecified atom stereocenters. The molecule has 0 amide bonds. The van der Waals surface area contributed by atoms with E-state index in [1.807, 2.05) is 0 Å². The zero-order chi connectivity index (χ0) is 10.3. The standard InChI is InChI=1S/C14H19N/c1-15-13-8-5-10-14(15,11-9-13)12-6-3-2-4-7-12/h2-4,6-7,13H,5,8-11H2,1H3. The van der Waals surface area contributed by atoms with E-state index in [-0.39, 0.29) is 0 Å². The van der Waals surface area contributed by atoms with Crippen molar-refractivity contribution in [2.45, 2.75) is 43.7 Å². The minimum absolute atomic E-state index is 0.379. The molecule has 1 aromatic rings. The van der Waals surface area contributed by atoms with Crippen molar-refractivity contribution in [1.29, 1.82) is 0 Å². The molecule has 2 saturated heterocycles. The van der Waals surface area contributed by atoms with E-state index >= 15 is 0 Å². The molecular formula is C14H19N. The first kappa shape index (κ1) is 9.41. The van der Waals surface area contributed by atoms with E-state index in [2.05, 4.69) is 42.3 Å². The van der Waals surface area contributed by atoms with Gasteiger partial charge in [-0.2, -0.15) is 0 Å². The van der Waals surface area contributed by atoms with Gasteiger partial charge in [0.1, 0.15) is 0 Å². The average molecular weight is 201 g/mol. The van der Waals surface area contributed by atoms with Crippen LogP contribution in [0.1, 0.15) is 37.7 Å². The zero-order valence-electron chi connectivity index (χ0n) is 9.45. The lowest BCUT2D eigenvalue weighted by Crippen LogP contribution is -2.45. The van der Waals surface area contributed by atoms with E-state index in [9.17, 15) is 0 Å². The highest BCUT2D eigenvalue weighted by Crippen LogP contribution is 2.49. The Kier molecular flexibility index (Phi) is 2.10. The maximum absolute atomic E-state index is 2.64. The van der Waals surface area contributed by atoms with Crippen LogP contribution in [0, 0.1) is 0 Å². The first-order valence-corrected chi connectivity index (χ1v) is 6.11. The number of hydrogen-bond acceptors (Lipinski definition) is 1. The first-order chi connectivity index (χ1) is 7.33. The number of nitrogens with zero attached hydrogens (tertiary/aromatic N) is 1. The van der Waals surface area contributed by atoms with E-state index in [1.165, 1.54) is 37.7 Å². The molecule has 1 heteroatoms. The van der Waals surface area contributed by atoms with E-state index in [0.717, 1.165) is 6.04 Å². The van der Waals surface area contributed by atoms with Crippen LogP contribution in [-0.2, 0) is 5.54 Å². The fraction of sp³-hybridized carbons (Fsp3) is 0.571. The van der Waals surface area contributed by atoms with Crippen molar-refractivity contribution in [2.75, 3.05) is 7.05 Å². The van der Waals surface area contributed by atoms with Crippen molar-refractivity contribution in [3.05, 3.63) is 35.9 Å². The second-order valence-electron chi connectivity index (χ2n) is 5.09. The third-order valence-electron chi connectivity index (χ3n) is 4.55. The summed E-state index contributed by atoms with van der Waals surface area (Å²) in [5.41, 5.74) is 1.92. The highest BCUT2D eigenvalue weighted by molar-refractivity contribution is 5.27. The van der Waals surface area contributed by atoms with Crippen LogP contribution in [0.4, 0.5) is 0 Å². The van der Waals surface area contributed by atoms with Gasteiger partial charge in [-0.25, -0.2) is 0 Å². The normalized spacial score (nSPS) is 35.7. The highest BCUT2D eigenvalue weighted by atomic mass is 15.2. The van der Waals surface area contributed by atoms with Gasteiger partial charge in [-0.05, 0) is 44.7 Å². The molecule has 80 valence electrons. The molecule has 3 rings (SSSR count). The third-order valence-corrected chi connectivity index (χ3v) is 4.55. The molecule has 2 fully saturated rings. The van der Waals surface area contributed by atoms with Gasteiger partial charge in [-0.3, -0.25) is 4.90 Å². The van der Waals surface area contributed by atoms with Crippen molar-refractivity contribution in [3.63, 3.8) is 0 Å². The average Bonchev–Trinajstić information content (AvgIpc) is 2.52. The number of fused-ring (bicyclic) bond motifs is 2. The predicted octanol–water partition coefficient (Wildman–Crippen LogP) is 3.16. The fourth-order valence-corrected chi connectivity index (χ4v) is 3.64. The van der Waals surface area contributed by atoms with Gasteiger partial charge in [-0.1, -0.05) is 30.3 Å². The smallest absolute Gasteiger partial charge is 0.0461 e. The van der Waals surface area contributed by atoms with Crippen LogP contribution in [0.3, 0.4) is 0 Å². The number of piperidine rings is 1. The highest BCUT2D eigenvalue weighted by Gasteiger charge is 2.47. The first-order valence-electron chi connectivity index (χ1n) is 6.11. The van der Waals surface area contributed by atoms with Crippen LogP contribution >= 0.6 is 0 Å². The summed E-state index contributed by atoms with van der Waals surface area (Å²) in [5, 5.41) is 0. The van der Waals surface area contributed by atoms with E-state index < -0.39 is 0 Å². The molecular weight excluding hydrogens is 182 g/mol. The quantitative estimate of drug-likeness (QED) is 0.674. The molecule has 0 saturated carbocycles. The van der Waals surface area contributed by atoms with Crippen LogP contribution in [0.25, 0.3) is 0 Å². The summed E-state index contributed by atoms with van der Waals surface area (Å²) >= 11 is 0. The van der Waals surface area contributed by atoms with Gasteiger partial charge in [-0.15, -0.1) is 0 Å². The number of hydrogen-bond donors (Lipinski definition) is 0. The zero-order valence-corrected chi connectivity index (χ0v) is 9.45. The van der Waals surface area contributed by atoms with Crippen LogP contribution in [0.5, 0.6) is 0 Å². The van der Waals surface area contributed by atoms with Gasteiger partial charge in [0.25, 0.3) is 0 Å². The summed E-state index contributed by atoms with van der Waals surface area (Å²) in [7, 11) is 2.32. The predicted molar refractivity (Wildman–Crippen MR) is 62.8 cm³/mol. The van der Waals surface area contributed by atoms with E-state index in [0.29, 0.717) is 5.54 Å². The van der Waals surface area contributed by atoms with Crippen LogP contribution in [-0.4, -0.2) is 18.0 Å². The largest absolute Gasteiger partial charge is 0.294 e. The van der Waals surface area contributed by atoms with E-state index in [4.69, 9.17) is 0 Å². The molecule has 1 nitrogen and oxygen atoms in total. The molecule has 2 aliphatic heterocycles. The Hall–Kier alpha value is -0.820. The Balaban J connectivity index is 2.03. The second-order valence-corrected chi connectivity index (χ2v) is 5.09. The monoisotopic (exact) mass is 201 g/mol. The lowest BCUT2D eigenvalue weighted by atomic mass is 9.82. The molecule has 1 aromatic carbocycles. The molecule has 2 heterocycles.